The van der Waals surface area contributed by atoms with Crippen LogP contribution in [0.5, 0.6) is 0 Å². The molecule has 2 aromatic heterocycles. The molecule has 0 aliphatic heterocycles. The molecule has 18 heavy (non-hydrogen) atoms. The minimum Gasteiger partial charge on any atom is -0.338 e. The zero-order chi connectivity index (χ0) is 12.4. The maximum absolute atomic E-state index is 5.39. The average molecular weight is 256 g/mol. The molecule has 0 bridgehead atoms. The van der Waals surface area contributed by atoms with Gasteiger partial charge in [-0.05, 0) is 11.4 Å². The van der Waals surface area contributed by atoms with Crippen molar-refractivity contribution in [3.63, 3.8) is 0 Å². The number of nitrogens with zero attached hydrogens (tertiary/aromatic N) is 2. The second kappa shape index (κ2) is 4.66. The summed E-state index contributed by atoms with van der Waals surface area (Å²) in [6.07, 6.45) is 0. The molecule has 90 valence electrons. The van der Waals surface area contributed by atoms with Gasteiger partial charge in [-0.15, -0.1) is 0 Å². The number of hydrogen-bond donors (Lipinski definition) is 0. The zero-order valence-electron chi connectivity index (χ0n) is 9.91. The van der Waals surface area contributed by atoms with Gasteiger partial charge in [0.05, 0.1) is 5.69 Å². The molecule has 3 aromatic rings. The molecule has 0 amide bonds. The highest BCUT2D eigenvalue weighted by Crippen LogP contribution is 2.29. The first-order chi connectivity index (χ1) is 8.84. The molecular formula is C14H12N2OS. The van der Waals surface area contributed by atoms with Crippen LogP contribution in [0.4, 0.5) is 11.6 Å². The van der Waals surface area contributed by atoms with Gasteiger partial charge in [-0.2, -0.15) is 11.3 Å². The standard InChI is InChI=1S/C14H12N2OS/c1-16(12-7-8-18-10-12)14-9-13(15-17-14)11-5-3-2-4-6-11/h2-10H,1H3. The summed E-state index contributed by atoms with van der Waals surface area (Å²) in [6, 6.07) is 14.0. The van der Waals surface area contributed by atoms with Crippen LogP contribution in [0.1, 0.15) is 0 Å². The topological polar surface area (TPSA) is 29.3 Å². The molecule has 3 rings (SSSR count). The second-order valence-corrected chi connectivity index (χ2v) is 4.74. The first-order valence-corrected chi connectivity index (χ1v) is 6.57. The minimum atomic E-state index is 0.743. The highest BCUT2D eigenvalue weighted by molar-refractivity contribution is 7.08. The lowest BCUT2D eigenvalue weighted by Crippen LogP contribution is -2.06. The number of aromatic nitrogens is 1. The van der Waals surface area contributed by atoms with Crippen molar-refractivity contribution < 1.29 is 4.52 Å². The van der Waals surface area contributed by atoms with E-state index in [4.69, 9.17) is 4.52 Å². The van der Waals surface area contributed by atoms with Crippen molar-refractivity contribution >= 4 is 22.9 Å². The molecule has 1 aromatic carbocycles. The summed E-state index contributed by atoms with van der Waals surface area (Å²) in [5.74, 6) is 0.743. The van der Waals surface area contributed by atoms with E-state index in [0.29, 0.717) is 0 Å². The van der Waals surface area contributed by atoms with Crippen LogP contribution in [-0.2, 0) is 0 Å². The third kappa shape index (κ3) is 2.02. The Morgan fingerprint density at radius 1 is 1.17 bits per heavy atom. The van der Waals surface area contributed by atoms with Gasteiger partial charge in [0.1, 0.15) is 5.69 Å². The van der Waals surface area contributed by atoms with E-state index in [1.165, 1.54) is 0 Å². The van der Waals surface area contributed by atoms with Gasteiger partial charge in [-0.25, -0.2) is 0 Å². The summed E-state index contributed by atoms with van der Waals surface area (Å²) in [6.45, 7) is 0. The monoisotopic (exact) mass is 256 g/mol. The van der Waals surface area contributed by atoms with E-state index in [2.05, 4.69) is 16.6 Å². The molecular weight excluding hydrogens is 244 g/mol. The Balaban J connectivity index is 1.90. The fourth-order valence-corrected chi connectivity index (χ4v) is 2.42. The van der Waals surface area contributed by atoms with Gasteiger partial charge < -0.3 is 9.42 Å². The Kier molecular flexibility index (Phi) is 2.86. The smallest absolute Gasteiger partial charge is 0.232 e. The predicted molar refractivity (Wildman–Crippen MR) is 74.3 cm³/mol. The molecule has 0 saturated heterocycles. The van der Waals surface area contributed by atoms with Gasteiger partial charge in [0.25, 0.3) is 0 Å². The van der Waals surface area contributed by atoms with Crippen LogP contribution >= 0.6 is 11.3 Å². The first-order valence-electron chi connectivity index (χ1n) is 5.62. The van der Waals surface area contributed by atoms with Gasteiger partial charge in [0.2, 0.25) is 5.88 Å². The van der Waals surface area contributed by atoms with Crippen molar-refractivity contribution in [1.82, 2.24) is 5.16 Å². The van der Waals surface area contributed by atoms with Crippen LogP contribution in [-0.4, -0.2) is 12.2 Å². The van der Waals surface area contributed by atoms with Crippen molar-refractivity contribution in [2.75, 3.05) is 11.9 Å². The van der Waals surface area contributed by atoms with E-state index < -0.39 is 0 Å². The van der Waals surface area contributed by atoms with Crippen LogP contribution in [0.25, 0.3) is 11.3 Å². The highest BCUT2D eigenvalue weighted by Gasteiger charge is 2.11. The molecule has 4 heteroatoms. The molecule has 0 atom stereocenters. The Labute approximate surface area is 109 Å². The van der Waals surface area contributed by atoms with Crippen LogP contribution in [0.2, 0.25) is 0 Å². The lowest BCUT2D eigenvalue weighted by Gasteiger charge is -2.11. The highest BCUT2D eigenvalue weighted by atomic mass is 32.1. The zero-order valence-corrected chi connectivity index (χ0v) is 10.7. The number of benzene rings is 1. The maximum Gasteiger partial charge on any atom is 0.232 e. The van der Waals surface area contributed by atoms with Crippen molar-refractivity contribution in [1.29, 1.82) is 0 Å². The summed E-state index contributed by atoms with van der Waals surface area (Å²) >= 11 is 1.66. The summed E-state index contributed by atoms with van der Waals surface area (Å²) in [7, 11) is 1.97. The van der Waals surface area contributed by atoms with E-state index in [1.807, 2.05) is 53.7 Å². The summed E-state index contributed by atoms with van der Waals surface area (Å²) in [5, 5.41) is 8.22. The van der Waals surface area contributed by atoms with Crippen molar-refractivity contribution in [3.05, 3.63) is 53.2 Å². The summed E-state index contributed by atoms with van der Waals surface area (Å²) in [4.78, 5) is 1.98. The van der Waals surface area contributed by atoms with E-state index in [-0.39, 0.29) is 0 Å². The Morgan fingerprint density at radius 2 is 2.00 bits per heavy atom. The molecule has 0 fully saturated rings. The van der Waals surface area contributed by atoms with Crippen molar-refractivity contribution in [2.24, 2.45) is 0 Å². The molecule has 0 spiro atoms. The number of hydrogen-bond acceptors (Lipinski definition) is 4. The molecule has 0 radical (unpaired) electrons. The van der Waals surface area contributed by atoms with Gasteiger partial charge in [0, 0.05) is 24.1 Å². The van der Waals surface area contributed by atoms with Gasteiger partial charge in [-0.1, -0.05) is 35.5 Å². The predicted octanol–water partition coefficient (Wildman–Crippen LogP) is 4.17. The normalized spacial score (nSPS) is 10.5. The second-order valence-electron chi connectivity index (χ2n) is 3.96. The first kappa shape index (κ1) is 11.0. The quantitative estimate of drug-likeness (QED) is 0.704. The average Bonchev–Trinajstić information content (AvgIpc) is 3.10. The molecule has 0 N–H and O–H groups in total. The molecule has 0 saturated carbocycles. The molecule has 2 heterocycles. The Bertz CT molecular complexity index is 616. The third-order valence-corrected chi connectivity index (χ3v) is 3.46. The van der Waals surface area contributed by atoms with Crippen LogP contribution in [0, 0.1) is 0 Å². The van der Waals surface area contributed by atoms with Gasteiger partial charge in [-0.3, -0.25) is 0 Å². The SMILES string of the molecule is CN(c1ccsc1)c1cc(-c2ccccc2)no1. The van der Waals surface area contributed by atoms with Crippen LogP contribution in [0.3, 0.4) is 0 Å². The molecule has 3 nitrogen and oxygen atoms in total. The summed E-state index contributed by atoms with van der Waals surface area (Å²) in [5.41, 5.74) is 3.02. The fourth-order valence-electron chi connectivity index (χ4n) is 1.74. The third-order valence-electron chi connectivity index (χ3n) is 2.79. The van der Waals surface area contributed by atoms with Crippen molar-refractivity contribution in [2.45, 2.75) is 0 Å². The van der Waals surface area contributed by atoms with Gasteiger partial charge in [0.15, 0.2) is 0 Å². The van der Waals surface area contributed by atoms with E-state index in [1.54, 1.807) is 11.3 Å². The summed E-state index contributed by atoms with van der Waals surface area (Å²) < 4.78 is 5.39. The number of anilines is 2. The minimum absolute atomic E-state index is 0.743. The lowest BCUT2D eigenvalue weighted by molar-refractivity contribution is 0.429. The van der Waals surface area contributed by atoms with E-state index in [0.717, 1.165) is 22.8 Å². The molecule has 0 aliphatic rings. The maximum atomic E-state index is 5.39. The van der Waals surface area contributed by atoms with Crippen molar-refractivity contribution in [3.8, 4) is 11.3 Å². The lowest BCUT2D eigenvalue weighted by atomic mass is 10.1. The Hall–Kier alpha value is -2.07. The Morgan fingerprint density at radius 3 is 2.72 bits per heavy atom. The fraction of sp³-hybridized carbons (Fsp3) is 0.0714. The largest absolute Gasteiger partial charge is 0.338 e. The molecule has 0 unspecified atom stereocenters. The number of rotatable bonds is 3. The van der Waals surface area contributed by atoms with E-state index in [9.17, 15) is 0 Å². The number of thiophene rings is 1. The van der Waals surface area contributed by atoms with E-state index >= 15 is 0 Å². The molecule has 0 aliphatic carbocycles. The van der Waals surface area contributed by atoms with Gasteiger partial charge >= 0.3 is 0 Å². The van der Waals surface area contributed by atoms with Crippen LogP contribution in [0.15, 0.2) is 57.7 Å². The van der Waals surface area contributed by atoms with Crippen LogP contribution < -0.4 is 4.90 Å².